The second kappa shape index (κ2) is 7.48. The Bertz CT molecular complexity index is 985. The molecule has 0 N–H and O–H groups in total. The summed E-state index contributed by atoms with van der Waals surface area (Å²) in [6.07, 6.45) is 4.07. The summed E-state index contributed by atoms with van der Waals surface area (Å²) in [5.74, 6) is 0. The molecule has 1 aromatic heterocycles. The Morgan fingerprint density at radius 3 is 2.50 bits per heavy atom. The topological polar surface area (TPSA) is 37.6 Å². The number of likely N-dealkylation sites (tertiary alicyclic amines) is 1. The molecule has 4 nitrogen and oxygen atoms in total. The van der Waals surface area contributed by atoms with Gasteiger partial charge in [0.2, 0.25) is 0 Å². The summed E-state index contributed by atoms with van der Waals surface area (Å²) < 4.78 is 1.94. The molecule has 0 aliphatic carbocycles. The molecule has 1 saturated heterocycles. The van der Waals surface area contributed by atoms with Gasteiger partial charge < -0.3 is 4.90 Å². The van der Waals surface area contributed by atoms with Crippen molar-refractivity contribution in [3.63, 3.8) is 0 Å². The number of thiazole rings is 1. The molecule has 26 heavy (non-hydrogen) atoms. The van der Waals surface area contributed by atoms with Gasteiger partial charge in [-0.05, 0) is 36.6 Å². The van der Waals surface area contributed by atoms with E-state index in [1.54, 1.807) is 0 Å². The van der Waals surface area contributed by atoms with Gasteiger partial charge in [-0.25, -0.2) is 4.79 Å². The van der Waals surface area contributed by atoms with Crippen LogP contribution in [0.4, 0.5) is 4.79 Å². The van der Waals surface area contributed by atoms with E-state index in [2.05, 4.69) is 4.99 Å². The van der Waals surface area contributed by atoms with Crippen LogP contribution in [0.25, 0.3) is 16.8 Å². The van der Waals surface area contributed by atoms with E-state index in [4.69, 9.17) is 11.6 Å². The molecule has 6 heteroatoms. The van der Waals surface area contributed by atoms with Crippen molar-refractivity contribution < 1.29 is 4.79 Å². The largest absolute Gasteiger partial charge is 0.346 e. The van der Waals surface area contributed by atoms with Crippen LogP contribution in [0, 0.1) is 0 Å². The zero-order valence-electron chi connectivity index (χ0n) is 14.1. The molecule has 132 valence electrons. The first-order valence-corrected chi connectivity index (χ1v) is 9.83. The molecule has 0 saturated carbocycles. The average molecular weight is 384 g/mol. The van der Waals surface area contributed by atoms with E-state index in [9.17, 15) is 4.79 Å². The van der Waals surface area contributed by atoms with E-state index in [1.165, 1.54) is 11.3 Å². The number of aromatic nitrogens is 1. The maximum Gasteiger partial charge on any atom is 0.346 e. The third kappa shape index (κ3) is 3.45. The molecule has 0 unspecified atom stereocenters. The zero-order valence-corrected chi connectivity index (χ0v) is 15.7. The molecule has 2 aromatic carbocycles. The third-order valence-electron chi connectivity index (χ3n) is 4.49. The fourth-order valence-electron chi connectivity index (χ4n) is 3.11. The van der Waals surface area contributed by atoms with Crippen LogP contribution in [-0.2, 0) is 0 Å². The minimum atomic E-state index is -0.147. The number of hydrogen-bond donors (Lipinski definition) is 0. The van der Waals surface area contributed by atoms with E-state index >= 15 is 0 Å². The summed E-state index contributed by atoms with van der Waals surface area (Å²) in [6, 6.07) is 15.8. The first kappa shape index (κ1) is 17.1. The van der Waals surface area contributed by atoms with Crippen LogP contribution in [0.2, 0.25) is 5.02 Å². The van der Waals surface area contributed by atoms with Gasteiger partial charge in [0.05, 0.1) is 0 Å². The lowest BCUT2D eigenvalue weighted by molar-refractivity contribution is 0.218. The van der Waals surface area contributed by atoms with Crippen LogP contribution < -0.4 is 4.80 Å². The first-order valence-electron chi connectivity index (χ1n) is 8.57. The van der Waals surface area contributed by atoms with E-state index in [1.807, 2.05) is 69.6 Å². The van der Waals surface area contributed by atoms with Crippen molar-refractivity contribution in [3.05, 3.63) is 69.9 Å². The Hall–Kier alpha value is -2.37. The van der Waals surface area contributed by atoms with Crippen LogP contribution >= 0.6 is 22.9 Å². The van der Waals surface area contributed by atoms with Crippen LogP contribution in [0.5, 0.6) is 0 Å². The lowest BCUT2D eigenvalue weighted by Gasteiger charge is -2.11. The summed E-state index contributed by atoms with van der Waals surface area (Å²) in [4.78, 5) is 19.1. The van der Waals surface area contributed by atoms with Crippen molar-refractivity contribution in [1.29, 1.82) is 0 Å². The Kier molecular flexibility index (Phi) is 4.91. The molecule has 0 atom stereocenters. The molecule has 2 heterocycles. The molecule has 0 radical (unpaired) electrons. The van der Waals surface area contributed by atoms with Crippen LogP contribution in [0.3, 0.4) is 0 Å². The van der Waals surface area contributed by atoms with Crippen molar-refractivity contribution in [2.75, 3.05) is 13.1 Å². The predicted molar refractivity (Wildman–Crippen MR) is 106 cm³/mol. The van der Waals surface area contributed by atoms with Crippen molar-refractivity contribution in [2.24, 2.45) is 4.99 Å². The molecule has 2 amide bonds. The maximum atomic E-state index is 12.3. The van der Waals surface area contributed by atoms with Crippen LogP contribution in [-0.4, -0.2) is 28.6 Å². The van der Waals surface area contributed by atoms with Crippen LogP contribution in [0.1, 0.15) is 12.8 Å². The highest BCUT2D eigenvalue weighted by atomic mass is 35.5. The molecule has 0 bridgehead atoms. The molecule has 4 rings (SSSR count). The molecule has 1 aliphatic rings. The number of hydrogen-bond acceptors (Lipinski definition) is 2. The molecular formula is C20H18ClN3OS. The summed E-state index contributed by atoms with van der Waals surface area (Å²) >= 11 is 7.74. The van der Waals surface area contributed by atoms with E-state index in [0.717, 1.165) is 47.8 Å². The zero-order chi connectivity index (χ0) is 17.9. The number of urea groups is 1. The van der Waals surface area contributed by atoms with Crippen LogP contribution in [0.15, 0.2) is 65.1 Å². The summed E-state index contributed by atoms with van der Waals surface area (Å²) in [5, 5.41) is 2.67. The number of amides is 2. The lowest BCUT2D eigenvalue weighted by Crippen LogP contribution is -2.27. The van der Waals surface area contributed by atoms with Crippen molar-refractivity contribution >= 4 is 29.0 Å². The molecule has 0 spiro atoms. The molecule has 1 fully saturated rings. The highest BCUT2D eigenvalue weighted by molar-refractivity contribution is 7.07. The molecule has 3 aromatic rings. The van der Waals surface area contributed by atoms with Crippen molar-refractivity contribution in [1.82, 2.24) is 9.47 Å². The second-order valence-electron chi connectivity index (χ2n) is 6.17. The molecule has 1 aliphatic heterocycles. The number of benzene rings is 2. The molecular weight excluding hydrogens is 366 g/mol. The third-order valence-corrected chi connectivity index (χ3v) is 5.57. The fraction of sp³-hybridized carbons (Fsp3) is 0.200. The fourth-order valence-corrected chi connectivity index (χ4v) is 4.07. The minimum absolute atomic E-state index is 0.147. The number of halogens is 1. The number of nitrogens with zero attached hydrogens (tertiary/aromatic N) is 3. The number of rotatable bonds is 2. The summed E-state index contributed by atoms with van der Waals surface area (Å²) in [6.45, 7) is 1.61. The van der Waals surface area contributed by atoms with Gasteiger partial charge in [0, 0.05) is 40.9 Å². The SMILES string of the molecule is O=C(/N=c1\sccn1-c1ccc(-c2ccccc2Cl)cc1)N1CCCC1. The Labute approximate surface area is 161 Å². The van der Waals surface area contributed by atoms with Gasteiger partial charge in [0.25, 0.3) is 0 Å². The van der Waals surface area contributed by atoms with Gasteiger partial charge in [-0.15, -0.1) is 11.3 Å². The van der Waals surface area contributed by atoms with Gasteiger partial charge in [0.1, 0.15) is 0 Å². The summed E-state index contributed by atoms with van der Waals surface area (Å²) in [5.41, 5.74) is 3.03. The van der Waals surface area contributed by atoms with Crippen molar-refractivity contribution in [3.8, 4) is 16.8 Å². The second-order valence-corrected chi connectivity index (χ2v) is 7.45. The first-order chi connectivity index (χ1) is 12.7. The van der Waals surface area contributed by atoms with Crippen molar-refractivity contribution in [2.45, 2.75) is 12.8 Å². The Morgan fingerprint density at radius 1 is 1.04 bits per heavy atom. The number of carbonyl (C=O) groups excluding carboxylic acids is 1. The number of carbonyl (C=O) groups is 1. The lowest BCUT2D eigenvalue weighted by atomic mass is 10.1. The summed E-state index contributed by atoms with van der Waals surface area (Å²) in [7, 11) is 0. The highest BCUT2D eigenvalue weighted by Crippen LogP contribution is 2.28. The normalized spacial score (nSPS) is 14.8. The quantitative estimate of drug-likeness (QED) is 0.615. The Morgan fingerprint density at radius 2 is 1.77 bits per heavy atom. The smallest absolute Gasteiger partial charge is 0.323 e. The van der Waals surface area contributed by atoms with E-state index in [0.29, 0.717) is 4.80 Å². The average Bonchev–Trinajstić information content (AvgIpc) is 3.34. The van der Waals surface area contributed by atoms with Gasteiger partial charge in [-0.3, -0.25) is 4.57 Å². The van der Waals surface area contributed by atoms with E-state index < -0.39 is 0 Å². The highest BCUT2D eigenvalue weighted by Gasteiger charge is 2.17. The minimum Gasteiger partial charge on any atom is -0.323 e. The van der Waals surface area contributed by atoms with Gasteiger partial charge >= 0.3 is 6.03 Å². The van der Waals surface area contributed by atoms with Gasteiger partial charge in [0.15, 0.2) is 4.80 Å². The Balaban J connectivity index is 1.64. The van der Waals surface area contributed by atoms with E-state index in [-0.39, 0.29) is 6.03 Å². The maximum absolute atomic E-state index is 12.3. The van der Waals surface area contributed by atoms with Gasteiger partial charge in [-0.1, -0.05) is 41.9 Å². The monoisotopic (exact) mass is 383 g/mol. The predicted octanol–water partition coefficient (Wildman–Crippen LogP) is 4.98. The van der Waals surface area contributed by atoms with Gasteiger partial charge in [-0.2, -0.15) is 4.99 Å². The standard InChI is InChI=1S/C20H18ClN3OS/c21-18-6-2-1-5-17(18)15-7-9-16(10-8-15)24-13-14-26-20(24)22-19(25)23-11-3-4-12-23/h1-2,5-10,13-14H,3-4,11-12H2/b22-20-.